The highest BCUT2D eigenvalue weighted by molar-refractivity contribution is 6.42. The van der Waals surface area contributed by atoms with Crippen LogP contribution >= 0.6 is 23.2 Å². The van der Waals surface area contributed by atoms with E-state index in [0.29, 0.717) is 45.9 Å². The van der Waals surface area contributed by atoms with Crippen LogP contribution in [0.15, 0.2) is 42.5 Å². The lowest BCUT2D eigenvalue weighted by Gasteiger charge is -2.30. The fourth-order valence-electron chi connectivity index (χ4n) is 3.59. The predicted molar refractivity (Wildman–Crippen MR) is 123 cm³/mol. The Balaban J connectivity index is 1.77. The Kier molecular flexibility index (Phi) is 5.43. The summed E-state index contributed by atoms with van der Waals surface area (Å²) < 4.78 is 0. The molecule has 0 spiro atoms. The van der Waals surface area contributed by atoms with Crippen LogP contribution in [0, 0.1) is 12.3 Å². The number of ketones is 1. The number of carbonyl (C=O) groups is 1. The summed E-state index contributed by atoms with van der Waals surface area (Å²) in [6.07, 6.45) is 1.14. The van der Waals surface area contributed by atoms with Crippen molar-refractivity contribution in [2.75, 3.05) is 10.6 Å². The number of aryl methyl sites for hydroxylation is 1. The van der Waals surface area contributed by atoms with Crippen molar-refractivity contribution in [2.45, 2.75) is 33.6 Å². The molecule has 0 fully saturated rings. The third kappa shape index (κ3) is 4.42. The number of nitrogens with zero attached hydrogens (tertiary/aromatic N) is 2. The van der Waals surface area contributed by atoms with E-state index < -0.39 is 0 Å². The zero-order valence-electron chi connectivity index (χ0n) is 17.0. The maximum absolute atomic E-state index is 13.0. The molecule has 1 aliphatic carbocycles. The molecule has 2 aromatic carbocycles. The Morgan fingerprint density at radius 1 is 0.900 bits per heavy atom. The second kappa shape index (κ2) is 7.89. The first-order chi connectivity index (χ1) is 14.2. The number of benzene rings is 2. The second-order valence-electron chi connectivity index (χ2n) is 8.40. The van der Waals surface area contributed by atoms with E-state index >= 15 is 0 Å². The van der Waals surface area contributed by atoms with Crippen LogP contribution in [-0.4, -0.2) is 15.8 Å². The first-order valence-corrected chi connectivity index (χ1v) is 10.5. The summed E-state index contributed by atoms with van der Waals surface area (Å²) in [7, 11) is 0. The maximum Gasteiger partial charge on any atom is 0.229 e. The lowest BCUT2D eigenvalue weighted by atomic mass is 9.75. The molecular formula is C23H22Cl2N4O. The van der Waals surface area contributed by atoms with E-state index in [2.05, 4.69) is 34.4 Å². The summed E-state index contributed by atoms with van der Waals surface area (Å²) >= 11 is 12.2. The molecule has 0 unspecified atom stereocenters. The molecule has 0 atom stereocenters. The number of hydrogen-bond donors (Lipinski definition) is 2. The molecule has 1 heterocycles. The number of Topliss-reactive ketones (excluding diaryl/α,β-unsaturated/α-hetero) is 1. The van der Waals surface area contributed by atoms with Crippen molar-refractivity contribution < 1.29 is 4.79 Å². The zero-order valence-corrected chi connectivity index (χ0v) is 18.5. The summed E-state index contributed by atoms with van der Waals surface area (Å²) in [4.78, 5) is 22.3. The first-order valence-electron chi connectivity index (χ1n) is 9.70. The Labute approximate surface area is 185 Å². The van der Waals surface area contributed by atoms with E-state index in [1.54, 1.807) is 18.2 Å². The number of aromatic nitrogens is 2. The van der Waals surface area contributed by atoms with Gasteiger partial charge in [-0.15, -0.1) is 0 Å². The van der Waals surface area contributed by atoms with E-state index in [1.807, 2.05) is 31.2 Å². The van der Waals surface area contributed by atoms with Crippen molar-refractivity contribution in [3.8, 4) is 0 Å². The monoisotopic (exact) mass is 440 g/mol. The minimum Gasteiger partial charge on any atom is -0.339 e. The molecule has 0 aliphatic heterocycles. The minimum atomic E-state index is -0.152. The minimum absolute atomic E-state index is 0.0331. The summed E-state index contributed by atoms with van der Waals surface area (Å²) in [5.41, 5.74) is 3.87. The molecule has 1 aromatic heterocycles. The SMILES string of the molecule is Cc1ccc(Nc2nc3c(c(Nc4ccc(Cl)c(Cl)c4)n2)C(=O)CC(C)(C)C3)cc1. The van der Waals surface area contributed by atoms with E-state index in [-0.39, 0.29) is 11.2 Å². The van der Waals surface area contributed by atoms with Crippen LogP contribution in [0.4, 0.5) is 23.1 Å². The highest BCUT2D eigenvalue weighted by Crippen LogP contribution is 2.38. The average Bonchev–Trinajstić information content (AvgIpc) is 2.65. The van der Waals surface area contributed by atoms with E-state index in [0.717, 1.165) is 11.4 Å². The maximum atomic E-state index is 13.0. The van der Waals surface area contributed by atoms with Crippen LogP contribution < -0.4 is 10.6 Å². The molecule has 0 saturated carbocycles. The molecular weight excluding hydrogens is 419 g/mol. The van der Waals surface area contributed by atoms with Crippen LogP contribution in [-0.2, 0) is 6.42 Å². The van der Waals surface area contributed by atoms with Crippen molar-refractivity contribution in [3.63, 3.8) is 0 Å². The van der Waals surface area contributed by atoms with E-state index in [9.17, 15) is 4.79 Å². The number of halogens is 2. The van der Waals surface area contributed by atoms with E-state index in [4.69, 9.17) is 23.2 Å². The lowest BCUT2D eigenvalue weighted by molar-refractivity contribution is 0.0911. The molecule has 0 saturated heterocycles. The van der Waals surface area contributed by atoms with Crippen molar-refractivity contribution in [1.29, 1.82) is 0 Å². The number of rotatable bonds is 4. The normalized spacial score (nSPS) is 14.9. The summed E-state index contributed by atoms with van der Waals surface area (Å²) in [6.45, 7) is 6.19. The van der Waals surface area contributed by atoms with Crippen LogP contribution in [0.25, 0.3) is 0 Å². The fraction of sp³-hybridized carbons (Fsp3) is 0.261. The van der Waals surface area contributed by atoms with Gasteiger partial charge in [-0.25, -0.2) is 4.98 Å². The second-order valence-corrected chi connectivity index (χ2v) is 9.22. The van der Waals surface area contributed by atoms with Crippen molar-refractivity contribution in [3.05, 3.63) is 69.3 Å². The molecule has 5 nitrogen and oxygen atoms in total. The predicted octanol–water partition coefficient (Wildman–Crippen LogP) is 6.73. The molecule has 1 aliphatic rings. The van der Waals surface area contributed by atoms with Gasteiger partial charge in [0.15, 0.2) is 5.78 Å². The van der Waals surface area contributed by atoms with Crippen LogP contribution in [0.1, 0.15) is 41.9 Å². The van der Waals surface area contributed by atoms with Gasteiger partial charge >= 0.3 is 0 Å². The van der Waals surface area contributed by atoms with Gasteiger partial charge in [0.05, 0.1) is 21.3 Å². The fourth-order valence-corrected chi connectivity index (χ4v) is 3.89. The lowest BCUT2D eigenvalue weighted by Crippen LogP contribution is -2.29. The van der Waals surface area contributed by atoms with Gasteiger partial charge in [-0.3, -0.25) is 4.79 Å². The number of hydrogen-bond acceptors (Lipinski definition) is 5. The van der Waals surface area contributed by atoms with Gasteiger partial charge in [0.25, 0.3) is 0 Å². The molecule has 4 rings (SSSR count). The highest BCUT2D eigenvalue weighted by Gasteiger charge is 2.35. The average molecular weight is 441 g/mol. The van der Waals surface area contributed by atoms with Crippen molar-refractivity contribution >= 4 is 52.1 Å². The van der Waals surface area contributed by atoms with Gasteiger partial charge in [-0.2, -0.15) is 4.98 Å². The Bertz CT molecular complexity index is 1130. The summed E-state index contributed by atoms with van der Waals surface area (Å²) in [5, 5.41) is 7.38. The Hall–Kier alpha value is -2.63. The number of nitrogens with one attached hydrogen (secondary N) is 2. The molecule has 0 radical (unpaired) electrons. The van der Waals surface area contributed by atoms with Gasteiger partial charge in [0.1, 0.15) is 5.82 Å². The number of fused-ring (bicyclic) bond motifs is 1. The molecule has 0 bridgehead atoms. The van der Waals surface area contributed by atoms with Gasteiger partial charge in [0.2, 0.25) is 5.95 Å². The quantitative estimate of drug-likeness (QED) is 0.470. The topological polar surface area (TPSA) is 66.9 Å². The third-order valence-electron chi connectivity index (χ3n) is 5.04. The largest absolute Gasteiger partial charge is 0.339 e. The van der Waals surface area contributed by atoms with Crippen molar-refractivity contribution in [1.82, 2.24) is 9.97 Å². The van der Waals surface area contributed by atoms with Gasteiger partial charge in [-0.05, 0) is 49.1 Å². The zero-order chi connectivity index (χ0) is 21.5. The molecule has 2 N–H and O–H groups in total. The standard InChI is InChI=1S/C23H22Cl2N4O/c1-13-4-6-14(7-5-13)27-22-28-18-11-23(2,3)12-19(30)20(18)21(29-22)26-15-8-9-16(24)17(25)10-15/h4-10H,11-12H2,1-3H3,(H2,26,27,28,29). The summed E-state index contributed by atoms with van der Waals surface area (Å²) in [5.74, 6) is 0.935. The summed E-state index contributed by atoms with van der Waals surface area (Å²) in [6, 6.07) is 13.2. The van der Waals surface area contributed by atoms with Crippen LogP contribution in [0.5, 0.6) is 0 Å². The number of carbonyl (C=O) groups excluding carboxylic acids is 1. The molecule has 30 heavy (non-hydrogen) atoms. The van der Waals surface area contributed by atoms with Gasteiger partial charge < -0.3 is 10.6 Å². The van der Waals surface area contributed by atoms with Crippen LogP contribution in [0.2, 0.25) is 10.0 Å². The van der Waals surface area contributed by atoms with E-state index in [1.165, 1.54) is 5.56 Å². The van der Waals surface area contributed by atoms with Crippen molar-refractivity contribution in [2.24, 2.45) is 5.41 Å². The molecule has 7 heteroatoms. The number of anilines is 4. The Morgan fingerprint density at radius 3 is 2.30 bits per heavy atom. The third-order valence-corrected chi connectivity index (χ3v) is 5.78. The van der Waals surface area contributed by atoms with Crippen LogP contribution in [0.3, 0.4) is 0 Å². The molecule has 0 amide bonds. The van der Waals surface area contributed by atoms with Gasteiger partial charge in [-0.1, -0.05) is 54.7 Å². The molecule has 154 valence electrons. The smallest absolute Gasteiger partial charge is 0.229 e. The highest BCUT2D eigenvalue weighted by atomic mass is 35.5. The first kappa shape index (κ1) is 20.6. The molecule has 3 aromatic rings. The Morgan fingerprint density at radius 2 is 1.60 bits per heavy atom. The van der Waals surface area contributed by atoms with Gasteiger partial charge in [0, 0.05) is 17.8 Å².